The van der Waals surface area contributed by atoms with Gasteiger partial charge in [-0.3, -0.25) is 4.21 Å². The van der Waals surface area contributed by atoms with Crippen molar-refractivity contribution in [3.8, 4) is 0 Å². The highest BCUT2D eigenvalue weighted by atomic mass is 35.5. The minimum atomic E-state index is -0.816. The first-order chi connectivity index (χ1) is 9.54. The van der Waals surface area contributed by atoms with Crippen LogP contribution < -0.4 is 5.32 Å². The summed E-state index contributed by atoms with van der Waals surface area (Å²) in [6, 6.07) is 14.1. The number of nitrogens with one attached hydrogen (secondary N) is 1. The molecule has 0 fully saturated rings. The number of anilines is 1. The first kappa shape index (κ1) is 15.1. The van der Waals surface area contributed by atoms with Crippen LogP contribution >= 0.6 is 11.6 Å². The lowest BCUT2D eigenvalue weighted by Gasteiger charge is -2.09. The van der Waals surface area contributed by atoms with Gasteiger partial charge < -0.3 is 5.32 Å². The van der Waals surface area contributed by atoms with E-state index in [1.165, 1.54) is 0 Å². The number of hydrogen-bond acceptors (Lipinski definition) is 2. The van der Waals surface area contributed by atoms with E-state index in [0.717, 1.165) is 33.9 Å². The third-order valence-corrected chi connectivity index (χ3v) is 4.18. The summed E-state index contributed by atoms with van der Waals surface area (Å²) in [4.78, 5) is 0. The monoisotopic (exact) mass is 307 g/mol. The van der Waals surface area contributed by atoms with E-state index in [-0.39, 0.29) is 0 Å². The average Bonchev–Trinajstić information content (AvgIpc) is 2.40. The second kappa shape index (κ2) is 6.91. The Morgan fingerprint density at radius 2 is 1.95 bits per heavy atom. The summed E-state index contributed by atoms with van der Waals surface area (Å²) in [5, 5.41) is 4.15. The van der Waals surface area contributed by atoms with E-state index in [4.69, 9.17) is 11.6 Å². The maximum absolute atomic E-state index is 11.2. The van der Waals surface area contributed by atoms with Crippen molar-refractivity contribution in [1.82, 2.24) is 0 Å². The van der Waals surface area contributed by atoms with Crippen LogP contribution in [0.5, 0.6) is 0 Å². The zero-order chi connectivity index (χ0) is 14.5. The van der Waals surface area contributed by atoms with Gasteiger partial charge in [0.15, 0.2) is 0 Å². The van der Waals surface area contributed by atoms with E-state index in [9.17, 15) is 4.21 Å². The predicted octanol–water partition coefficient (Wildman–Crippen LogP) is 4.14. The molecular weight excluding hydrogens is 290 g/mol. The fourth-order valence-corrected chi connectivity index (χ4v) is 2.81. The molecule has 2 aromatic rings. The summed E-state index contributed by atoms with van der Waals surface area (Å²) in [5.74, 6) is 0.589. The second-order valence-electron chi connectivity index (χ2n) is 4.85. The zero-order valence-electron chi connectivity index (χ0n) is 11.7. The Morgan fingerprint density at radius 1 is 1.15 bits per heavy atom. The van der Waals surface area contributed by atoms with E-state index in [2.05, 4.69) is 11.4 Å². The highest BCUT2D eigenvalue weighted by Crippen LogP contribution is 2.18. The summed E-state index contributed by atoms with van der Waals surface area (Å²) in [7, 11) is -0.816. The van der Waals surface area contributed by atoms with Gasteiger partial charge in [0.05, 0.1) is 0 Å². The molecule has 1 atom stereocenters. The zero-order valence-corrected chi connectivity index (χ0v) is 13.2. The number of aryl methyl sites for hydroxylation is 1. The maximum Gasteiger partial charge on any atom is 0.0483 e. The van der Waals surface area contributed by atoms with Gasteiger partial charge in [-0.1, -0.05) is 35.9 Å². The van der Waals surface area contributed by atoms with Crippen LogP contribution in [0.2, 0.25) is 5.02 Å². The lowest BCUT2D eigenvalue weighted by atomic mass is 10.1. The van der Waals surface area contributed by atoms with Crippen molar-refractivity contribution in [3.63, 3.8) is 0 Å². The fourth-order valence-electron chi connectivity index (χ4n) is 1.96. The Morgan fingerprint density at radius 3 is 2.65 bits per heavy atom. The van der Waals surface area contributed by atoms with Gasteiger partial charge in [-0.05, 0) is 41.8 Å². The van der Waals surface area contributed by atoms with Gasteiger partial charge in [-0.2, -0.15) is 0 Å². The van der Waals surface area contributed by atoms with Crippen molar-refractivity contribution in [3.05, 3.63) is 64.2 Å². The van der Waals surface area contributed by atoms with Gasteiger partial charge in [-0.15, -0.1) is 0 Å². The minimum absolute atomic E-state index is 0.589. The molecule has 0 saturated carbocycles. The normalized spacial score (nSPS) is 12.2. The largest absolute Gasteiger partial charge is 0.381 e. The van der Waals surface area contributed by atoms with E-state index in [1.807, 2.05) is 43.3 Å². The highest BCUT2D eigenvalue weighted by molar-refractivity contribution is 7.83. The Labute approximate surface area is 127 Å². The van der Waals surface area contributed by atoms with Gasteiger partial charge in [0, 0.05) is 40.1 Å². The molecular formula is C16H18ClNOS. The molecule has 20 heavy (non-hydrogen) atoms. The third kappa shape index (κ3) is 4.36. The number of benzene rings is 2. The molecule has 2 rings (SSSR count). The Bertz CT molecular complexity index is 628. The molecule has 2 nitrogen and oxygen atoms in total. The number of rotatable bonds is 5. The second-order valence-corrected chi connectivity index (χ2v) is 6.70. The Hall–Kier alpha value is -1.32. The first-order valence-corrected chi connectivity index (χ1v) is 8.53. The molecule has 0 aliphatic heterocycles. The third-order valence-electron chi connectivity index (χ3n) is 3.03. The molecule has 0 aliphatic rings. The molecule has 0 spiro atoms. The smallest absolute Gasteiger partial charge is 0.0483 e. The van der Waals surface area contributed by atoms with Crippen molar-refractivity contribution < 1.29 is 4.21 Å². The lowest BCUT2D eigenvalue weighted by Crippen LogP contribution is -2.00. The van der Waals surface area contributed by atoms with Crippen LogP contribution in [-0.4, -0.2) is 10.5 Å². The molecule has 0 saturated heterocycles. The number of halogens is 1. The lowest BCUT2D eigenvalue weighted by molar-refractivity contribution is 0.686. The van der Waals surface area contributed by atoms with Crippen LogP contribution in [0.15, 0.2) is 42.5 Å². The molecule has 106 valence electrons. The molecule has 4 heteroatoms. The van der Waals surface area contributed by atoms with E-state index in [1.54, 1.807) is 6.26 Å². The van der Waals surface area contributed by atoms with Crippen LogP contribution in [0.3, 0.4) is 0 Å². The van der Waals surface area contributed by atoms with E-state index >= 15 is 0 Å². The topological polar surface area (TPSA) is 29.1 Å². The predicted molar refractivity (Wildman–Crippen MR) is 87.7 cm³/mol. The van der Waals surface area contributed by atoms with Gasteiger partial charge in [-0.25, -0.2) is 0 Å². The molecule has 0 aromatic heterocycles. The van der Waals surface area contributed by atoms with Crippen molar-refractivity contribution in [2.45, 2.75) is 19.2 Å². The molecule has 0 radical (unpaired) electrons. The quantitative estimate of drug-likeness (QED) is 0.899. The van der Waals surface area contributed by atoms with Gasteiger partial charge >= 0.3 is 0 Å². The summed E-state index contributed by atoms with van der Waals surface area (Å²) in [6.45, 7) is 2.71. The van der Waals surface area contributed by atoms with Gasteiger partial charge in [0.25, 0.3) is 0 Å². The van der Waals surface area contributed by atoms with E-state index < -0.39 is 10.8 Å². The molecule has 0 amide bonds. The molecule has 1 N–H and O–H groups in total. The highest BCUT2D eigenvalue weighted by Gasteiger charge is 2.00. The molecule has 0 unspecified atom stereocenters. The Balaban J connectivity index is 2.03. The molecule has 0 heterocycles. The maximum atomic E-state index is 11.2. The van der Waals surface area contributed by atoms with Gasteiger partial charge in [0.2, 0.25) is 0 Å². The summed E-state index contributed by atoms with van der Waals surface area (Å²) in [6.07, 6.45) is 1.72. The van der Waals surface area contributed by atoms with Crippen LogP contribution in [0.4, 0.5) is 5.69 Å². The summed E-state index contributed by atoms with van der Waals surface area (Å²) in [5.41, 5.74) is 4.34. The number of hydrogen-bond donors (Lipinski definition) is 1. The van der Waals surface area contributed by atoms with Crippen molar-refractivity contribution in [2.75, 3.05) is 11.6 Å². The van der Waals surface area contributed by atoms with E-state index in [0.29, 0.717) is 5.75 Å². The standard InChI is InChI=1S/C16H18ClNOS/c1-12-6-7-13(9-16(12)17)10-18-15-5-3-4-14(8-15)11-20(2)19/h3-9,18H,10-11H2,1-2H3/t20-/m1/s1. The average molecular weight is 308 g/mol. The van der Waals surface area contributed by atoms with Crippen LogP contribution in [0, 0.1) is 6.92 Å². The van der Waals surface area contributed by atoms with Gasteiger partial charge in [0.1, 0.15) is 0 Å². The first-order valence-electron chi connectivity index (χ1n) is 6.42. The fraction of sp³-hybridized carbons (Fsp3) is 0.250. The molecule has 0 aliphatic carbocycles. The van der Waals surface area contributed by atoms with Crippen molar-refractivity contribution in [2.24, 2.45) is 0 Å². The minimum Gasteiger partial charge on any atom is -0.381 e. The molecule has 2 aromatic carbocycles. The summed E-state index contributed by atoms with van der Waals surface area (Å²) < 4.78 is 11.2. The summed E-state index contributed by atoms with van der Waals surface area (Å²) >= 11 is 6.12. The van der Waals surface area contributed by atoms with Crippen LogP contribution in [0.25, 0.3) is 0 Å². The van der Waals surface area contributed by atoms with Crippen molar-refractivity contribution >= 4 is 28.1 Å². The van der Waals surface area contributed by atoms with Crippen LogP contribution in [-0.2, 0) is 23.1 Å². The van der Waals surface area contributed by atoms with Crippen LogP contribution in [0.1, 0.15) is 16.7 Å². The van der Waals surface area contributed by atoms with Crippen molar-refractivity contribution in [1.29, 1.82) is 0 Å². The SMILES string of the molecule is Cc1ccc(CNc2cccc(C[S@@](C)=O)c2)cc1Cl. The molecule has 0 bridgehead atoms. The Kier molecular flexibility index (Phi) is 5.21.